The van der Waals surface area contributed by atoms with Gasteiger partial charge in [-0.1, -0.05) is 73.9 Å². The van der Waals surface area contributed by atoms with Crippen molar-refractivity contribution < 1.29 is 0 Å². The molecule has 0 amide bonds. The third kappa shape index (κ3) is 5.28. The van der Waals surface area contributed by atoms with E-state index < -0.39 is 0 Å². The molecule has 2 aliphatic heterocycles. The van der Waals surface area contributed by atoms with E-state index in [9.17, 15) is 0 Å². The molecule has 0 radical (unpaired) electrons. The molecule has 3 aliphatic rings. The minimum absolute atomic E-state index is 0.121. The Morgan fingerprint density at radius 3 is 2.08 bits per heavy atom. The summed E-state index contributed by atoms with van der Waals surface area (Å²) in [5, 5.41) is 7.48. The molecule has 2 N–H and O–H groups in total. The molecule has 1 aliphatic carbocycles. The Morgan fingerprint density at radius 2 is 1.41 bits per heavy atom. The summed E-state index contributed by atoms with van der Waals surface area (Å²) in [5.74, 6) is 2.51. The zero-order chi connectivity index (χ0) is 25.1. The van der Waals surface area contributed by atoms with Crippen LogP contribution in [-0.2, 0) is 18.5 Å². The fourth-order valence-corrected chi connectivity index (χ4v) is 6.39. The molecule has 37 heavy (non-hydrogen) atoms. The molecule has 3 heterocycles. The molecule has 1 saturated heterocycles. The van der Waals surface area contributed by atoms with Crippen molar-refractivity contribution in [2.75, 3.05) is 34.8 Å². The second-order valence-corrected chi connectivity index (χ2v) is 11.1. The summed E-state index contributed by atoms with van der Waals surface area (Å²) in [6, 6.07) is 21.7. The van der Waals surface area contributed by atoms with Gasteiger partial charge in [-0.3, -0.25) is 0 Å². The van der Waals surface area contributed by atoms with Gasteiger partial charge < -0.3 is 20.4 Å². The number of rotatable bonds is 6. The van der Waals surface area contributed by atoms with Gasteiger partial charge in [0.15, 0.2) is 5.11 Å². The second-order valence-electron chi connectivity index (χ2n) is 10.7. The molecule has 2 aromatic carbocycles. The van der Waals surface area contributed by atoms with E-state index >= 15 is 0 Å². The van der Waals surface area contributed by atoms with Gasteiger partial charge in [-0.15, -0.1) is 0 Å². The summed E-state index contributed by atoms with van der Waals surface area (Å²) < 4.78 is 0. The summed E-state index contributed by atoms with van der Waals surface area (Å²) in [4.78, 5) is 14.5. The van der Waals surface area contributed by atoms with E-state index in [4.69, 9.17) is 22.2 Å². The van der Waals surface area contributed by atoms with Crippen LogP contribution in [-0.4, -0.2) is 34.7 Å². The molecular weight excluding hydrogens is 476 g/mol. The Bertz CT molecular complexity index is 1210. The minimum Gasteiger partial charge on any atom is -0.361 e. The predicted octanol–water partition coefficient (Wildman–Crippen LogP) is 5.79. The summed E-state index contributed by atoms with van der Waals surface area (Å²) in [6.45, 7) is 4.64. The van der Waals surface area contributed by atoms with Crippen LogP contribution in [0.2, 0.25) is 0 Å². The van der Waals surface area contributed by atoms with Crippen molar-refractivity contribution in [2.45, 2.75) is 63.5 Å². The van der Waals surface area contributed by atoms with Crippen molar-refractivity contribution in [1.82, 2.24) is 15.3 Å². The van der Waals surface area contributed by atoms with E-state index in [1.165, 1.54) is 61.6 Å². The van der Waals surface area contributed by atoms with Gasteiger partial charge in [-0.05, 0) is 54.6 Å². The number of anilines is 3. The van der Waals surface area contributed by atoms with Crippen LogP contribution in [0.25, 0.3) is 0 Å². The van der Waals surface area contributed by atoms with E-state index in [0.29, 0.717) is 11.1 Å². The normalized spacial score (nSPS) is 18.5. The van der Waals surface area contributed by atoms with E-state index in [1.807, 2.05) is 0 Å². The highest BCUT2D eigenvalue weighted by Gasteiger charge is 2.34. The van der Waals surface area contributed by atoms with E-state index in [-0.39, 0.29) is 5.41 Å². The fourth-order valence-electron chi connectivity index (χ4n) is 6.23. The van der Waals surface area contributed by atoms with Gasteiger partial charge >= 0.3 is 0 Å². The van der Waals surface area contributed by atoms with Gasteiger partial charge in [0.05, 0.1) is 0 Å². The molecule has 2 fully saturated rings. The molecule has 1 saturated carbocycles. The smallest absolute Gasteiger partial charge is 0.232 e. The standard InChI is InChI=1S/C30H36N6S/c37-29(31-22-30(15-7-2-8-16-30)25-13-3-1-4-14-25)34-28-32-26(35-17-9-10-18-35)19-27(33-28)36-20-23-11-5-6-12-24(23)21-36/h1,3-6,11-14,19H,2,7-10,15-18,20-22H2,(H2,31,32,33,34,37). The quantitative estimate of drug-likeness (QED) is 0.406. The third-order valence-corrected chi connectivity index (χ3v) is 8.55. The van der Waals surface area contributed by atoms with Crippen LogP contribution in [0, 0.1) is 0 Å². The van der Waals surface area contributed by atoms with Gasteiger partial charge in [0, 0.05) is 44.2 Å². The maximum atomic E-state index is 5.79. The number of thiocarbonyl (C=S) groups is 1. The van der Waals surface area contributed by atoms with Gasteiger partial charge in [0.1, 0.15) is 11.6 Å². The molecule has 0 bridgehead atoms. The lowest BCUT2D eigenvalue weighted by atomic mass is 9.69. The monoisotopic (exact) mass is 512 g/mol. The van der Waals surface area contributed by atoms with Crippen molar-refractivity contribution in [2.24, 2.45) is 0 Å². The fraction of sp³-hybridized carbons (Fsp3) is 0.433. The zero-order valence-corrected chi connectivity index (χ0v) is 22.3. The average molecular weight is 513 g/mol. The number of hydrogen-bond acceptors (Lipinski definition) is 5. The highest BCUT2D eigenvalue weighted by atomic mass is 32.1. The van der Waals surface area contributed by atoms with Crippen molar-refractivity contribution >= 4 is 34.9 Å². The number of hydrogen-bond donors (Lipinski definition) is 2. The summed E-state index contributed by atoms with van der Waals surface area (Å²) >= 11 is 5.79. The van der Waals surface area contributed by atoms with Gasteiger partial charge in [0.25, 0.3) is 0 Å². The first-order valence-electron chi connectivity index (χ1n) is 13.7. The number of benzene rings is 2. The highest BCUT2D eigenvalue weighted by molar-refractivity contribution is 7.80. The Hall–Kier alpha value is -3.19. The largest absolute Gasteiger partial charge is 0.361 e. The van der Waals surface area contributed by atoms with Crippen LogP contribution in [0.4, 0.5) is 17.6 Å². The molecule has 0 unspecified atom stereocenters. The molecular formula is C30H36N6S. The first kappa shape index (κ1) is 24.2. The van der Waals surface area contributed by atoms with E-state index in [1.54, 1.807) is 0 Å². The Balaban J connectivity index is 1.20. The SMILES string of the molecule is S=C(NCC1(c2ccccc2)CCCCC1)Nc1nc(N2CCCC2)cc(N2Cc3ccccc3C2)n1. The minimum atomic E-state index is 0.121. The second kappa shape index (κ2) is 10.7. The number of nitrogens with zero attached hydrogens (tertiary/aromatic N) is 4. The molecule has 192 valence electrons. The van der Waals surface area contributed by atoms with Crippen LogP contribution >= 0.6 is 12.2 Å². The van der Waals surface area contributed by atoms with Crippen molar-refractivity contribution in [3.05, 3.63) is 77.4 Å². The molecule has 3 aromatic rings. The molecule has 7 heteroatoms. The van der Waals surface area contributed by atoms with Gasteiger partial charge in [0.2, 0.25) is 5.95 Å². The summed E-state index contributed by atoms with van der Waals surface area (Å²) in [6.07, 6.45) is 8.63. The number of nitrogens with one attached hydrogen (secondary N) is 2. The number of aromatic nitrogens is 2. The maximum absolute atomic E-state index is 5.79. The molecule has 6 nitrogen and oxygen atoms in total. The Morgan fingerprint density at radius 1 is 0.784 bits per heavy atom. The van der Waals surface area contributed by atoms with Crippen molar-refractivity contribution in [1.29, 1.82) is 0 Å². The predicted molar refractivity (Wildman–Crippen MR) is 155 cm³/mol. The van der Waals surface area contributed by atoms with E-state index in [0.717, 1.165) is 44.4 Å². The average Bonchev–Trinajstić information content (AvgIpc) is 3.64. The van der Waals surface area contributed by atoms with Crippen LogP contribution in [0.3, 0.4) is 0 Å². The summed E-state index contributed by atoms with van der Waals surface area (Å²) in [7, 11) is 0. The first-order chi connectivity index (χ1) is 18.2. The molecule has 0 spiro atoms. The summed E-state index contributed by atoms with van der Waals surface area (Å²) in [5.41, 5.74) is 4.27. The van der Waals surface area contributed by atoms with E-state index in [2.05, 4.69) is 81.1 Å². The molecule has 6 rings (SSSR count). The van der Waals surface area contributed by atoms with Crippen LogP contribution in [0.1, 0.15) is 61.6 Å². The van der Waals surface area contributed by atoms with Gasteiger partial charge in [-0.2, -0.15) is 9.97 Å². The Labute approximate surface area is 225 Å². The lowest BCUT2D eigenvalue weighted by Gasteiger charge is -2.38. The first-order valence-corrected chi connectivity index (χ1v) is 14.2. The Kier molecular flexibility index (Phi) is 6.96. The van der Waals surface area contributed by atoms with Gasteiger partial charge in [-0.25, -0.2) is 0 Å². The topological polar surface area (TPSA) is 56.3 Å². The van der Waals surface area contributed by atoms with Crippen molar-refractivity contribution in [3.8, 4) is 0 Å². The lowest BCUT2D eigenvalue weighted by Crippen LogP contribution is -2.43. The maximum Gasteiger partial charge on any atom is 0.232 e. The third-order valence-electron chi connectivity index (χ3n) is 8.30. The van der Waals surface area contributed by atoms with Crippen LogP contribution in [0.15, 0.2) is 60.7 Å². The zero-order valence-electron chi connectivity index (χ0n) is 21.5. The molecule has 1 aromatic heterocycles. The van der Waals surface area contributed by atoms with Crippen LogP contribution in [0.5, 0.6) is 0 Å². The van der Waals surface area contributed by atoms with Crippen molar-refractivity contribution in [3.63, 3.8) is 0 Å². The lowest BCUT2D eigenvalue weighted by molar-refractivity contribution is 0.292. The molecule has 0 atom stereocenters. The highest BCUT2D eigenvalue weighted by Crippen LogP contribution is 2.39. The van der Waals surface area contributed by atoms with Crippen LogP contribution < -0.4 is 20.4 Å². The number of fused-ring (bicyclic) bond motifs is 1.